The standard InChI is InChI=1S/C14H20BrClN2.ClH/c1-10(17)11-3-2-6-18(8-11)9-12-7-13(15)4-5-14(12)16;/h4-5,7,10-11H,2-3,6,8-9,17H2,1H3;1H. The molecule has 2 atom stereocenters. The number of halogens is 3. The van der Waals surface area contributed by atoms with E-state index in [1.54, 1.807) is 0 Å². The highest BCUT2D eigenvalue weighted by molar-refractivity contribution is 9.10. The normalized spacial score (nSPS) is 21.8. The van der Waals surface area contributed by atoms with Crippen molar-refractivity contribution in [2.24, 2.45) is 11.7 Å². The zero-order valence-corrected chi connectivity index (χ0v) is 14.3. The topological polar surface area (TPSA) is 29.3 Å². The maximum atomic E-state index is 6.24. The second-order valence-corrected chi connectivity index (χ2v) is 6.56. The van der Waals surface area contributed by atoms with E-state index in [-0.39, 0.29) is 18.4 Å². The lowest BCUT2D eigenvalue weighted by Crippen LogP contribution is -2.41. The van der Waals surface area contributed by atoms with Crippen LogP contribution in [0, 0.1) is 5.92 Å². The minimum Gasteiger partial charge on any atom is -0.328 e. The minimum absolute atomic E-state index is 0. The smallest absolute Gasteiger partial charge is 0.0451 e. The third-order valence-corrected chi connectivity index (χ3v) is 4.55. The van der Waals surface area contributed by atoms with Crippen molar-refractivity contribution in [3.05, 3.63) is 33.3 Å². The van der Waals surface area contributed by atoms with Gasteiger partial charge in [-0.25, -0.2) is 0 Å². The summed E-state index contributed by atoms with van der Waals surface area (Å²) in [5.74, 6) is 0.615. The van der Waals surface area contributed by atoms with Gasteiger partial charge in [-0.1, -0.05) is 27.5 Å². The molecule has 1 aliphatic rings. The summed E-state index contributed by atoms with van der Waals surface area (Å²) in [7, 11) is 0. The van der Waals surface area contributed by atoms with Crippen molar-refractivity contribution in [1.82, 2.24) is 4.90 Å². The van der Waals surface area contributed by atoms with Crippen molar-refractivity contribution in [2.45, 2.75) is 32.4 Å². The average Bonchev–Trinajstić information content (AvgIpc) is 2.34. The van der Waals surface area contributed by atoms with E-state index in [0.717, 1.165) is 29.1 Å². The van der Waals surface area contributed by atoms with Crippen molar-refractivity contribution >= 4 is 39.9 Å². The first kappa shape index (κ1) is 17.3. The van der Waals surface area contributed by atoms with Crippen LogP contribution in [-0.2, 0) is 6.54 Å². The molecule has 1 aromatic rings. The lowest BCUT2D eigenvalue weighted by Gasteiger charge is -2.34. The summed E-state index contributed by atoms with van der Waals surface area (Å²) in [4.78, 5) is 2.46. The van der Waals surface area contributed by atoms with Gasteiger partial charge in [-0.2, -0.15) is 0 Å². The Morgan fingerprint density at radius 3 is 2.95 bits per heavy atom. The van der Waals surface area contributed by atoms with Crippen LogP contribution in [0.2, 0.25) is 5.02 Å². The van der Waals surface area contributed by atoms with Crippen LogP contribution in [0.4, 0.5) is 0 Å². The molecule has 1 aromatic carbocycles. The molecular formula is C14H21BrCl2N2. The molecule has 2 N–H and O–H groups in total. The first-order valence-corrected chi connectivity index (χ1v) is 7.65. The van der Waals surface area contributed by atoms with Crippen LogP contribution in [0.3, 0.4) is 0 Å². The lowest BCUT2D eigenvalue weighted by molar-refractivity contribution is 0.154. The zero-order chi connectivity index (χ0) is 13.1. The molecule has 2 unspecified atom stereocenters. The fourth-order valence-corrected chi connectivity index (χ4v) is 3.16. The molecule has 2 rings (SSSR count). The third kappa shape index (κ3) is 4.91. The van der Waals surface area contributed by atoms with E-state index in [1.807, 2.05) is 12.1 Å². The van der Waals surface area contributed by atoms with Crippen LogP contribution < -0.4 is 5.73 Å². The fourth-order valence-electron chi connectivity index (χ4n) is 2.57. The summed E-state index contributed by atoms with van der Waals surface area (Å²) in [6, 6.07) is 6.32. The molecule has 2 nitrogen and oxygen atoms in total. The van der Waals surface area contributed by atoms with Crippen molar-refractivity contribution in [1.29, 1.82) is 0 Å². The van der Waals surface area contributed by atoms with Gasteiger partial charge >= 0.3 is 0 Å². The van der Waals surface area contributed by atoms with E-state index < -0.39 is 0 Å². The zero-order valence-electron chi connectivity index (χ0n) is 11.1. The van der Waals surface area contributed by atoms with E-state index in [9.17, 15) is 0 Å². The van der Waals surface area contributed by atoms with E-state index in [1.165, 1.54) is 18.4 Å². The molecule has 0 aliphatic carbocycles. The van der Waals surface area contributed by atoms with Crippen LogP contribution in [0.5, 0.6) is 0 Å². The van der Waals surface area contributed by atoms with Gasteiger partial charge in [-0.3, -0.25) is 4.90 Å². The van der Waals surface area contributed by atoms with Crippen molar-refractivity contribution < 1.29 is 0 Å². The minimum atomic E-state index is 0. The highest BCUT2D eigenvalue weighted by Gasteiger charge is 2.23. The summed E-state index contributed by atoms with van der Waals surface area (Å²) in [5, 5.41) is 0.848. The van der Waals surface area contributed by atoms with Crippen LogP contribution in [0.25, 0.3) is 0 Å². The number of hydrogen-bond donors (Lipinski definition) is 1. The average molecular weight is 368 g/mol. The molecule has 1 saturated heterocycles. The monoisotopic (exact) mass is 366 g/mol. The molecule has 0 aromatic heterocycles. The molecule has 19 heavy (non-hydrogen) atoms. The van der Waals surface area contributed by atoms with Crippen molar-refractivity contribution in [3.8, 4) is 0 Å². The Bertz CT molecular complexity index is 412. The first-order valence-electron chi connectivity index (χ1n) is 6.48. The summed E-state index contributed by atoms with van der Waals surface area (Å²) >= 11 is 9.74. The summed E-state index contributed by atoms with van der Waals surface area (Å²) in [6.45, 7) is 5.26. The molecule has 0 radical (unpaired) electrons. The predicted molar refractivity (Wildman–Crippen MR) is 88.1 cm³/mol. The molecule has 108 valence electrons. The molecule has 1 heterocycles. The van der Waals surface area contributed by atoms with E-state index in [0.29, 0.717) is 5.92 Å². The van der Waals surface area contributed by atoms with Crippen LogP contribution in [0.1, 0.15) is 25.3 Å². The van der Waals surface area contributed by atoms with Crippen LogP contribution in [-0.4, -0.2) is 24.0 Å². The number of nitrogens with two attached hydrogens (primary N) is 1. The second kappa shape index (κ2) is 7.84. The van der Waals surface area contributed by atoms with Gasteiger partial charge in [0.05, 0.1) is 0 Å². The summed E-state index contributed by atoms with van der Waals surface area (Å²) < 4.78 is 1.09. The van der Waals surface area contributed by atoms with Gasteiger partial charge in [0, 0.05) is 28.6 Å². The lowest BCUT2D eigenvalue weighted by atomic mass is 9.92. The molecule has 1 aliphatic heterocycles. The molecule has 0 bridgehead atoms. The maximum Gasteiger partial charge on any atom is 0.0451 e. The predicted octanol–water partition coefficient (Wildman–Crippen LogP) is 4.08. The highest BCUT2D eigenvalue weighted by Crippen LogP contribution is 2.25. The highest BCUT2D eigenvalue weighted by atomic mass is 79.9. The van der Waals surface area contributed by atoms with Gasteiger partial charge in [0.1, 0.15) is 0 Å². The van der Waals surface area contributed by atoms with E-state index in [4.69, 9.17) is 17.3 Å². The Morgan fingerprint density at radius 1 is 1.53 bits per heavy atom. The molecule has 1 fully saturated rings. The van der Waals surface area contributed by atoms with E-state index in [2.05, 4.69) is 33.8 Å². The number of benzene rings is 1. The van der Waals surface area contributed by atoms with Crippen LogP contribution in [0.15, 0.2) is 22.7 Å². The molecule has 5 heteroatoms. The maximum absolute atomic E-state index is 6.24. The quantitative estimate of drug-likeness (QED) is 0.871. The summed E-state index contributed by atoms with van der Waals surface area (Å²) in [6.07, 6.45) is 2.48. The Morgan fingerprint density at radius 2 is 2.26 bits per heavy atom. The third-order valence-electron chi connectivity index (χ3n) is 3.69. The molecular weight excluding hydrogens is 347 g/mol. The van der Waals surface area contributed by atoms with Gasteiger partial charge in [0.2, 0.25) is 0 Å². The number of piperidine rings is 1. The second-order valence-electron chi connectivity index (χ2n) is 5.23. The Kier molecular flexibility index (Phi) is 7.12. The molecule has 0 spiro atoms. The van der Waals surface area contributed by atoms with Gasteiger partial charge < -0.3 is 5.73 Å². The number of nitrogens with zero attached hydrogens (tertiary/aromatic N) is 1. The van der Waals surface area contributed by atoms with Crippen LogP contribution >= 0.6 is 39.9 Å². The fraction of sp³-hybridized carbons (Fsp3) is 0.571. The van der Waals surface area contributed by atoms with Gasteiger partial charge in [-0.05, 0) is 56.0 Å². The molecule has 0 saturated carbocycles. The SMILES string of the molecule is CC(N)C1CCCN(Cc2cc(Br)ccc2Cl)C1.Cl. The van der Waals surface area contributed by atoms with Gasteiger partial charge in [-0.15, -0.1) is 12.4 Å². The van der Waals surface area contributed by atoms with Crippen molar-refractivity contribution in [3.63, 3.8) is 0 Å². The van der Waals surface area contributed by atoms with Gasteiger partial charge in [0.15, 0.2) is 0 Å². The molecule has 0 amide bonds. The Hall–Kier alpha value is 0.200. The number of hydrogen-bond acceptors (Lipinski definition) is 2. The largest absolute Gasteiger partial charge is 0.328 e. The Balaban J connectivity index is 0.00000180. The number of likely N-dealkylation sites (tertiary alicyclic amines) is 1. The van der Waals surface area contributed by atoms with E-state index >= 15 is 0 Å². The number of rotatable bonds is 3. The first-order chi connectivity index (χ1) is 8.56. The summed E-state index contributed by atoms with van der Waals surface area (Å²) in [5.41, 5.74) is 7.21. The van der Waals surface area contributed by atoms with Gasteiger partial charge in [0.25, 0.3) is 0 Å². The Labute approximate surface area is 135 Å². The van der Waals surface area contributed by atoms with Crippen molar-refractivity contribution in [2.75, 3.05) is 13.1 Å².